The van der Waals surface area contributed by atoms with Crippen LogP contribution in [0.15, 0.2) is 48.5 Å². The van der Waals surface area contributed by atoms with E-state index in [0.717, 1.165) is 46.0 Å². The van der Waals surface area contributed by atoms with Gasteiger partial charge in [0.25, 0.3) is 11.8 Å². The molecule has 0 spiro atoms. The first-order valence-electron chi connectivity index (χ1n) is 12.8. The van der Waals surface area contributed by atoms with Gasteiger partial charge in [0.2, 0.25) is 0 Å². The van der Waals surface area contributed by atoms with Gasteiger partial charge in [0.15, 0.2) is 0 Å². The lowest BCUT2D eigenvalue weighted by atomic mass is 9.93. The number of likely N-dealkylation sites (tertiary alicyclic amines) is 1. The van der Waals surface area contributed by atoms with Gasteiger partial charge in [-0.1, -0.05) is 42.8 Å². The molecule has 9 heteroatoms. The Balaban J connectivity index is 1.39. The van der Waals surface area contributed by atoms with Crippen molar-refractivity contribution >= 4 is 23.2 Å². The normalized spacial score (nSPS) is 22.9. The zero-order valence-electron chi connectivity index (χ0n) is 21.5. The van der Waals surface area contributed by atoms with E-state index in [9.17, 15) is 22.8 Å². The number of rotatable bonds is 5. The van der Waals surface area contributed by atoms with Gasteiger partial charge in [-0.05, 0) is 68.2 Å². The van der Waals surface area contributed by atoms with Crippen LogP contribution in [0.1, 0.15) is 56.7 Å². The summed E-state index contributed by atoms with van der Waals surface area (Å²) in [4.78, 5) is 34.1. The Labute approximate surface area is 224 Å². The third kappa shape index (κ3) is 5.21. The Morgan fingerprint density at radius 1 is 1.11 bits per heavy atom. The predicted molar refractivity (Wildman–Crippen MR) is 141 cm³/mol. The van der Waals surface area contributed by atoms with Crippen molar-refractivity contribution in [1.29, 1.82) is 0 Å². The van der Waals surface area contributed by atoms with Gasteiger partial charge in [0, 0.05) is 18.7 Å². The van der Waals surface area contributed by atoms with Crippen molar-refractivity contribution in [2.75, 3.05) is 13.1 Å². The van der Waals surface area contributed by atoms with E-state index in [-0.39, 0.29) is 30.0 Å². The van der Waals surface area contributed by atoms with E-state index in [4.69, 9.17) is 0 Å². The molecule has 1 N–H and O–H groups in total. The highest BCUT2D eigenvalue weighted by atomic mass is 32.1. The first kappa shape index (κ1) is 26.4. The van der Waals surface area contributed by atoms with Gasteiger partial charge in [-0.25, -0.2) is 4.98 Å². The van der Waals surface area contributed by atoms with Crippen molar-refractivity contribution in [2.24, 2.45) is 17.8 Å². The largest absolute Gasteiger partial charge is 0.416 e. The summed E-state index contributed by atoms with van der Waals surface area (Å²) in [6, 6.07) is 12.1. The smallest absolute Gasteiger partial charge is 0.350 e. The summed E-state index contributed by atoms with van der Waals surface area (Å²) in [5, 5.41) is 3.62. The number of alkyl halides is 3. The molecule has 0 radical (unpaired) electrons. The number of fused-ring (bicyclic) bond motifs is 1. The molecule has 2 amide bonds. The second-order valence-corrected chi connectivity index (χ2v) is 11.8. The quantitative estimate of drug-likeness (QED) is 0.409. The summed E-state index contributed by atoms with van der Waals surface area (Å²) < 4.78 is 39.4. The lowest BCUT2D eigenvalue weighted by Gasteiger charge is -2.28. The minimum atomic E-state index is -4.53. The molecule has 2 aliphatic rings. The Kier molecular flexibility index (Phi) is 7.07. The summed E-state index contributed by atoms with van der Waals surface area (Å²) in [7, 11) is 0. The third-order valence-corrected chi connectivity index (χ3v) is 8.73. The number of aryl methyl sites for hydroxylation is 2. The number of hydrogen-bond acceptors (Lipinski definition) is 4. The number of aromatic nitrogens is 1. The van der Waals surface area contributed by atoms with E-state index in [1.165, 1.54) is 23.5 Å². The van der Waals surface area contributed by atoms with Crippen LogP contribution in [-0.2, 0) is 6.18 Å². The standard InChI is InChI=1S/C29H30F3N3O2S/c1-16-6-4-7-19(10-16)26-25(34-18(3)38-26)28(37)35-15-21-11-17(2)12-23(21)24(35)14-33-27(36)20-8-5-9-22(13-20)29(30,31)32/h4-10,13,17,21,23-24H,11-12,14-15H2,1-3H3,(H,33,36). The number of carbonyl (C=O) groups is 2. The van der Waals surface area contributed by atoms with Crippen LogP contribution in [0.4, 0.5) is 13.2 Å². The molecule has 4 atom stereocenters. The summed E-state index contributed by atoms with van der Waals surface area (Å²) in [5.74, 6) is 0.326. The molecule has 2 aromatic carbocycles. The van der Waals surface area contributed by atoms with E-state index < -0.39 is 17.6 Å². The van der Waals surface area contributed by atoms with Gasteiger partial charge >= 0.3 is 6.18 Å². The van der Waals surface area contributed by atoms with Gasteiger partial charge in [-0.15, -0.1) is 11.3 Å². The summed E-state index contributed by atoms with van der Waals surface area (Å²) in [6.07, 6.45) is -2.58. The Morgan fingerprint density at radius 2 is 1.87 bits per heavy atom. The fourth-order valence-corrected chi connectivity index (χ4v) is 6.97. The lowest BCUT2D eigenvalue weighted by molar-refractivity contribution is -0.137. The number of thiazole rings is 1. The molecule has 2 heterocycles. The van der Waals surface area contributed by atoms with Crippen molar-refractivity contribution in [3.63, 3.8) is 0 Å². The maximum Gasteiger partial charge on any atom is 0.416 e. The average Bonchev–Trinajstić information content (AvgIpc) is 3.53. The number of nitrogens with zero attached hydrogens (tertiary/aromatic N) is 2. The fourth-order valence-electron chi connectivity index (χ4n) is 6.07. The maximum absolute atomic E-state index is 14.0. The van der Waals surface area contributed by atoms with Crippen LogP contribution in [-0.4, -0.2) is 40.8 Å². The Hall–Kier alpha value is -3.20. The highest BCUT2D eigenvalue weighted by molar-refractivity contribution is 7.15. The number of amides is 2. The highest BCUT2D eigenvalue weighted by Gasteiger charge is 2.48. The van der Waals surface area contributed by atoms with Gasteiger partial charge in [0.05, 0.1) is 21.5 Å². The topological polar surface area (TPSA) is 62.3 Å². The summed E-state index contributed by atoms with van der Waals surface area (Å²) >= 11 is 1.48. The maximum atomic E-state index is 14.0. The van der Waals surface area contributed by atoms with Crippen molar-refractivity contribution in [3.8, 4) is 10.4 Å². The van der Waals surface area contributed by atoms with E-state index in [2.05, 4.69) is 17.2 Å². The minimum Gasteiger partial charge on any atom is -0.350 e. The van der Waals surface area contributed by atoms with Crippen LogP contribution in [0.3, 0.4) is 0 Å². The van der Waals surface area contributed by atoms with Gasteiger partial charge in [-0.3, -0.25) is 9.59 Å². The molecule has 5 nitrogen and oxygen atoms in total. The van der Waals surface area contributed by atoms with Crippen molar-refractivity contribution < 1.29 is 22.8 Å². The zero-order valence-corrected chi connectivity index (χ0v) is 22.3. The second kappa shape index (κ2) is 10.2. The molecule has 200 valence electrons. The van der Waals surface area contributed by atoms with Crippen LogP contribution < -0.4 is 5.32 Å². The van der Waals surface area contributed by atoms with Crippen molar-refractivity contribution in [3.05, 3.63) is 75.9 Å². The van der Waals surface area contributed by atoms with Crippen molar-refractivity contribution in [1.82, 2.24) is 15.2 Å². The third-order valence-electron chi connectivity index (χ3n) is 7.71. The van der Waals surface area contributed by atoms with E-state index in [0.29, 0.717) is 24.1 Å². The number of benzene rings is 2. The van der Waals surface area contributed by atoms with Gasteiger partial charge in [-0.2, -0.15) is 13.2 Å². The van der Waals surface area contributed by atoms with E-state index in [1.807, 2.05) is 43.0 Å². The average molecular weight is 542 g/mol. The number of nitrogens with one attached hydrogen (secondary N) is 1. The lowest BCUT2D eigenvalue weighted by Crippen LogP contribution is -2.46. The molecule has 5 rings (SSSR count). The molecule has 1 saturated heterocycles. The predicted octanol–water partition coefficient (Wildman–Crippen LogP) is 6.36. The Bertz CT molecular complexity index is 1370. The summed E-state index contributed by atoms with van der Waals surface area (Å²) in [6.45, 7) is 6.85. The molecule has 1 aromatic heterocycles. The molecular weight excluding hydrogens is 511 g/mol. The zero-order chi connectivity index (χ0) is 27.2. The Morgan fingerprint density at radius 3 is 2.61 bits per heavy atom. The number of hydrogen-bond donors (Lipinski definition) is 1. The molecule has 4 unspecified atom stereocenters. The van der Waals surface area contributed by atoms with E-state index >= 15 is 0 Å². The molecule has 2 fully saturated rings. The molecule has 1 saturated carbocycles. The molecule has 0 bridgehead atoms. The fraction of sp³-hybridized carbons (Fsp3) is 0.414. The molecule has 38 heavy (non-hydrogen) atoms. The van der Waals surface area contributed by atoms with E-state index in [1.54, 1.807) is 0 Å². The van der Waals surface area contributed by atoms with Gasteiger partial charge in [0.1, 0.15) is 5.69 Å². The SMILES string of the molecule is Cc1cccc(-c2sc(C)nc2C(=O)N2CC3CC(C)CC3C2CNC(=O)c2cccc(C(F)(F)F)c2)c1. The highest BCUT2D eigenvalue weighted by Crippen LogP contribution is 2.46. The molecular formula is C29H30F3N3O2S. The molecule has 3 aromatic rings. The first-order valence-corrected chi connectivity index (χ1v) is 13.6. The monoisotopic (exact) mass is 541 g/mol. The van der Waals surface area contributed by atoms with Crippen LogP contribution in [0.5, 0.6) is 0 Å². The van der Waals surface area contributed by atoms with Gasteiger partial charge < -0.3 is 10.2 Å². The first-order chi connectivity index (χ1) is 18.0. The number of carbonyl (C=O) groups excluding carboxylic acids is 2. The molecule has 1 aliphatic heterocycles. The second-order valence-electron chi connectivity index (χ2n) is 10.6. The van der Waals surface area contributed by atoms with Crippen molar-refractivity contribution in [2.45, 2.75) is 45.8 Å². The van der Waals surface area contributed by atoms with Crippen LogP contribution in [0, 0.1) is 31.6 Å². The molecule has 1 aliphatic carbocycles. The number of halogens is 3. The van der Waals surface area contributed by atoms with Crippen LogP contribution >= 0.6 is 11.3 Å². The minimum absolute atomic E-state index is 0.0519. The van der Waals surface area contributed by atoms with Crippen LogP contribution in [0.25, 0.3) is 10.4 Å². The van der Waals surface area contributed by atoms with Crippen LogP contribution in [0.2, 0.25) is 0 Å². The summed E-state index contributed by atoms with van der Waals surface area (Å²) in [5.41, 5.74) is 1.53.